The van der Waals surface area contributed by atoms with E-state index < -0.39 is 0 Å². The Kier molecular flexibility index (Phi) is 5.39. The minimum absolute atomic E-state index is 0.303. The summed E-state index contributed by atoms with van der Waals surface area (Å²) in [4.78, 5) is 13.3. The van der Waals surface area contributed by atoms with Crippen LogP contribution in [-0.4, -0.2) is 19.5 Å². The minimum atomic E-state index is -0.309. The van der Waals surface area contributed by atoms with Gasteiger partial charge in [0.15, 0.2) is 0 Å². The largest absolute Gasteiger partial charge is 0.303 e. The molecule has 0 aliphatic carbocycles. The number of aromatic nitrogens is 4. The Morgan fingerprint density at radius 1 is 1.03 bits per heavy atom. The van der Waals surface area contributed by atoms with E-state index in [4.69, 9.17) is 16.6 Å². The quantitative estimate of drug-likeness (QED) is 0.417. The normalized spacial score (nSPS) is 11.6. The van der Waals surface area contributed by atoms with Crippen molar-refractivity contribution in [1.29, 1.82) is 0 Å². The lowest BCUT2D eigenvalue weighted by Crippen LogP contribution is -2.21. The molecular weight excluding hydrogens is 399 g/mol. The number of nitrogens with zero attached hydrogens (tertiary/aromatic N) is 4. The molecule has 152 valence electrons. The minimum Gasteiger partial charge on any atom is -0.303 e. The second kappa shape index (κ2) is 8.00. The summed E-state index contributed by atoms with van der Waals surface area (Å²) in [6, 6.07) is 14.9. The van der Waals surface area contributed by atoms with Crippen molar-refractivity contribution in [3.8, 4) is 5.69 Å². The third-order valence-corrected chi connectivity index (χ3v) is 5.53. The van der Waals surface area contributed by atoms with Crippen molar-refractivity contribution in [3.05, 3.63) is 106 Å². The SMILES string of the molecule is Cc1cn(-c2ccc(Cc3nccc(C(C)(C)c4ccc(Cl)cc4)n3)cc2F)cn1. The van der Waals surface area contributed by atoms with Gasteiger partial charge in [0.1, 0.15) is 11.6 Å². The van der Waals surface area contributed by atoms with Crippen LogP contribution < -0.4 is 0 Å². The Bertz CT molecular complexity index is 1180. The molecule has 2 heterocycles. The van der Waals surface area contributed by atoms with Gasteiger partial charge in [0.25, 0.3) is 0 Å². The highest BCUT2D eigenvalue weighted by atomic mass is 35.5. The van der Waals surface area contributed by atoms with Gasteiger partial charge in [-0.3, -0.25) is 0 Å². The lowest BCUT2D eigenvalue weighted by atomic mass is 9.81. The average molecular weight is 421 g/mol. The summed E-state index contributed by atoms with van der Waals surface area (Å²) in [6.45, 7) is 6.10. The van der Waals surface area contributed by atoms with Crippen LogP contribution in [-0.2, 0) is 11.8 Å². The maximum atomic E-state index is 14.7. The van der Waals surface area contributed by atoms with Crippen LogP contribution in [0.1, 0.15) is 42.2 Å². The Hall–Kier alpha value is -3.05. The van der Waals surface area contributed by atoms with Gasteiger partial charge in [-0.2, -0.15) is 0 Å². The Morgan fingerprint density at radius 2 is 1.80 bits per heavy atom. The second-order valence-corrected chi connectivity index (χ2v) is 8.31. The number of benzene rings is 2. The van der Waals surface area contributed by atoms with E-state index in [2.05, 4.69) is 23.8 Å². The zero-order valence-corrected chi connectivity index (χ0v) is 17.9. The summed E-state index contributed by atoms with van der Waals surface area (Å²) >= 11 is 6.03. The molecule has 30 heavy (non-hydrogen) atoms. The third kappa shape index (κ3) is 4.12. The molecule has 4 rings (SSSR count). The van der Waals surface area contributed by atoms with Crippen molar-refractivity contribution >= 4 is 11.6 Å². The Labute approximate surface area is 180 Å². The predicted octanol–water partition coefficient (Wildman–Crippen LogP) is 5.68. The zero-order chi connectivity index (χ0) is 21.3. The van der Waals surface area contributed by atoms with Gasteiger partial charge >= 0.3 is 0 Å². The molecule has 0 aliphatic rings. The molecule has 0 radical (unpaired) electrons. The van der Waals surface area contributed by atoms with E-state index in [0.29, 0.717) is 23.0 Å². The molecule has 4 aromatic rings. The van der Waals surface area contributed by atoms with Crippen LogP contribution in [0.2, 0.25) is 5.02 Å². The van der Waals surface area contributed by atoms with E-state index in [-0.39, 0.29) is 11.2 Å². The maximum Gasteiger partial charge on any atom is 0.147 e. The first-order valence-electron chi connectivity index (χ1n) is 9.71. The second-order valence-electron chi connectivity index (χ2n) is 7.87. The molecule has 0 atom stereocenters. The van der Waals surface area contributed by atoms with Crippen LogP contribution in [0.25, 0.3) is 5.69 Å². The Morgan fingerprint density at radius 3 is 2.47 bits per heavy atom. The van der Waals surface area contributed by atoms with Crippen LogP contribution >= 0.6 is 11.6 Å². The van der Waals surface area contributed by atoms with E-state index in [1.165, 1.54) is 6.07 Å². The molecule has 2 aromatic carbocycles. The fourth-order valence-corrected chi connectivity index (χ4v) is 3.58. The Balaban J connectivity index is 1.59. The number of hydrogen-bond donors (Lipinski definition) is 0. The highest BCUT2D eigenvalue weighted by molar-refractivity contribution is 6.30. The van der Waals surface area contributed by atoms with E-state index >= 15 is 0 Å². The number of halogens is 2. The first-order chi connectivity index (χ1) is 14.3. The van der Waals surface area contributed by atoms with Crippen LogP contribution in [0.5, 0.6) is 0 Å². The molecule has 0 N–H and O–H groups in total. The predicted molar refractivity (Wildman–Crippen MR) is 117 cm³/mol. The van der Waals surface area contributed by atoms with Crippen molar-refractivity contribution in [2.24, 2.45) is 0 Å². The first kappa shape index (κ1) is 20.2. The van der Waals surface area contributed by atoms with Gasteiger partial charge in [-0.25, -0.2) is 19.3 Å². The van der Waals surface area contributed by atoms with E-state index in [9.17, 15) is 4.39 Å². The van der Waals surface area contributed by atoms with E-state index in [1.807, 2.05) is 43.3 Å². The molecule has 0 saturated heterocycles. The molecule has 0 fully saturated rings. The number of hydrogen-bond acceptors (Lipinski definition) is 3. The summed E-state index contributed by atoms with van der Waals surface area (Å²) in [5, 5.41) is 0.703. The van der Waals surface area contributed by atoms with Gasteiger partial charge in [0.2, 0.25) is 0 Å². The lowest BCUT2D eigenvalue weighted by molar-refractivity contribution is 0.607. The van der Waals surface area contributed by atoms with Gasteiger partial charge < -0.3 is 4.57 Å². The summed E-state index contributed by atoms with van der Waals surface area (Å²) < 4.78 is 16.4. The molecule has 4 nitrogen and oxygen atoms in total. The standard InChI is InChI=1S/C24H22ClFN4/c1-16-14-30(15-28-16)21-9-4-17(12-20(21)26)13-23-27-11-10-22(29-23)24(2,3)18-5-7-19(25)8-6-18/h4-12,14-15H,13H2,1-3H3. The van der Waals surface area contributed by atoms with Crippen molar-refractivity contribution < 1.29 is 4.39 Å². The number of rotatable bonds is 5. The monoisotopic (exact) mass is 420 g/mol. The highest BCUT2D eigenvalue weighted by Crippen LogP contribution is 2.31. The topological polar surface area (TPSA) is 43.6 Å². The molecule has 0 saturated carbocycles. The molecule has 0 amide bonds. The fraction of sp³-hybridized carbons (Fsp3) is 0.208. The van der Waals surface area contributed by atoms with Crippen molar-refractivity contribution in [2.45, 2.75) is 32.6 Å². The van der Waals surface area contributed by atoms with Crippen LogP contribution in [0.3, 0.4) is 0 Å². The first-order valence-corrected chi connectivity index (χ1v) is 10.1. The summed E-state index contributed by atoms with van der Waals surface area (Å²) in [6.07, 6.45) is 5.61. The van der Waals surface area contributed by atoms with Gasteiger partial charge in [0, 0.05) is 29.3 Å². The summed E-state index contributed by atoms with van der Waals surface area (Å²) in [5.41, 5.74) is 3.83. The van der Waals surface area contributed by atoms with Crippen LogP contribution in [0.15, 0.2) is 67.3 Å². The molecule has 0 unspecified atom stereocenters. The van der Waals surface area contributed by atoms with Gasteiger partial charge in [-0.05, 0) is 48.4 Å². The van der Waals surface area contributed by atoms with Crippen LogP contribution in [0, 0.1) is 12.7 Å². The lowest BCUT2D eigenvalue weighted by Gasteiger charge is -2.25. The van der Waals surface area contributed by atoms with Crippen molar-refractivity contribution in [1.82, 2.24) is 19.5 Å². The highest BCUT2D eigenvalue weighted by Gasteiger charge is 2.25. The molecule has 2 aromatic heterocycles. The van der Waals surface area contributed by atoms with Gasteiger partial charge in [0.05, 0.1) is 23.4 Å². The van der Waals surface area contributed by atoms with E-state index in [0.717, 1.165) is 22.5 Å². The van der Waals surface area contributed by atoms with Gasteiger partial charge in [-0.15, -0.1) is 0 Å². The van der Waals surface area contributed by atoms with Crippen molar-refractivity contribution in [3.63, 3.8) is 0 Å². The third-order valence-electron chi connectivity index (χ3n) is 5.28. The molecule has 0 spiro atoms. The van der Waals surface area contributed by atoms with Crippen molar-refractivity contribution in [2.75, 3.05) is 0 Å². The maximum absolute atomic E-state index is 14.7. The molecule has 0 bridgehead atoms. The summed E-state index contributed by atoms with van der Waals surface area (Å²) in [7, 11) is 0. The molecule has 6 heteroatoms. The fourth-order valence-electron chi connectivity index (χ4n) is 3.45. The number of imidazole rings is 1. The molecule has 0 aliphatic heterocycles. The zero-order valence-electron chi connectivity index (χ0n) is 17.1. The van der Waals surface area contributed by atoms with Gasteiger partial charge in [-0.1, -0.05) is 43.6 Å². The average Bonchev–Trinajstić information content (AvgIpc) is 3.14. The van der Waals surface area contributed by atoms with E-state index in [1.54, 1.807) is 29.4 Å². The number of aryl methyl sites for hydroxylation is 1. The smallest absolute Gasteiger partial charge is 0.147 e. The van der Waals surface area contributed by atoms with Crippen LogP contribution in [0.4, 0.5) is 4.39 Å². The summed E-state index contributed by atoms with van der Waals surface area (Å²) in [5.74, 6) is 0.350. The molecular formula is C24H22ClFN4.